The van der Waals surface area contributed by atoms with E-state index in [1.54, 1.807) is 24.3 Å². The maximum absolute atomic E-state index is 11.1. The molecule has 0 heterocycles. The van der Waals surface area contributed by atoms with Crippen LogP contribution in [0.25, 0.3) is 0 Å². The first-order valence-corrected chi connectivity index (χ1v) is 5.02. The summed E-state index contributed by atoms with van der Waals surface area (Å²) in [6, 6.07) is 17.3. The average molecular weight is 213 g/mol. The van der Waals surface area contributed by atoms with Gasteiger partial charge in [0.2, 0.25) is 0 Å². The van der Waals surface area contributed by atoms with E-state index in [0.717, 1.165) is 0 Å². The van der Waals surface area contributed by atoms with Crippen LogP contribution in [-0.2, 0) is 0 Å². The molecule has 0 saturated heterocycles. The summed E-state index contributed by atoms with van der Waals surface area (Å²) in [6.45, 7) is 0. The van der Waals surface area contributed by atoms with E-state index in [0.29, 0.717) is 11.1 Å². The first-order chi connectivity index (χ1) is 7.79. The van der Waals surface area contributed by atoms with Crippen LogP contribution in [0.4, 0.5) is 0 Å². The van der Waals surface area contributed by atoms with Gasteiger partial charge in [-0.3, -0.25) is 10.1 Å². The predicted molar refractivity (Wildman–Crippen MR) is 61.7 cm³/mol. The summed E-state index contributed by atoms with van der Waals surface area (Å²) in [5.41, 5.74) is 1.41. The molecular formula is C13H11NO2. The highest BCUT2D eigenvalue weighted by Crippen LogP contribution is 2.24. The second-order valence-corrected chi connectivity index (χ2v) is 3.51. The van der Waals surface area contributed by atoms with E-state index >= 15 is 0 Å². The molecule has 0 spiro atoms. The molecule has 0 aliphatic rings. The zero-order valence-electron chi connectivity index (χ0n) is 8.61. The number of nitrogens with zero attached hydrogens (tertiary/aromatic N) is 1. The third-order valence-corrected chi connectivity index (χ3v) is 2.44. The van der Waals surface area contributed by atoms with Crippen LogP contribution in [-0.4, -0.2) is 4.92 Å². The molecule has 0 N–H and O–H groups in total. The Morgan fingerprint density at radius 1 is 0.812 bits per heavy atom. The summed E-state index contributed by atoms with van der Waals surface area (Å²) in [6.07, 6.45) is 0. The standard InChI is InChI=1S/C13H11NO2/c15-14(16)13(11-7-3-1-4-8-11)12-9-5-2-6-10-12/h1-10,13H. The molecule has 3 heteroatoms. The maximum atomic E-state index is 11.1. The third kappa shape index (κ3) is 2.08. The van der Waals surface area contributed by atoms with Crippen LogP contribution in [0.5, 0.6) is 0 Å². The summed E-state index contributed by atoms with van der Waals surface area (Å²) < 4.78 is 0. The van der Waals surface area contributed by atoms with Gasteiger partial charge in [0, 0.05) is 16.1 Å². The molecule has 2 rings (SSSR count). The van der Waals surface area contributed by atoms with Crippen LogP contribution < -0.4 is 0 Å². The summed E-state index contributed by atoms with van der Waals surface area (Å²) in [4.78, 5) is 10.8. The van der Waals surface area contributed by atoms with Crippen molar-refractivity contribution < 1.29 is 4.92 Å². The fourth-order valence-corrected chi connectivity index (χ4v) is 1.71. The summed E-state index contributed by atoms with van der Waals surface area (Å²) in [5.74, 6) is 0. The maximum Gasteiger partial charge on any atom is 0.263 e. The first-order valence-electron chi connectivity index (χ1n) is 5.02. The van der Waals surface area contributed by atoms with Gasteiger partial charge in [0.15, 0.2) is 0 Å². The van der Waals surface area contributed by atoms with Gasteiger partial charge in [-0.2, -0.15) is 0 Å². The number of hydrogen-bond acceptors (Lipinski definition) is 2. The molecule has 0 bridgehead atoms. The van der Waals surface area contributed by atoms with Gasteiger partial charge in [-0.05, 0) is 0 Å². The van der Waals surface area contributed by atoms with Crippen LogP contribution >= 0.6 is 0 Å². The number of benzene rings is 2. The first kappa shape index (κ1) is 10.4. The van der Waals surface area contributed by atoms with Crippen molar-refractivity contribution in [3.05, 3.63) is 81.9 Å². The van der Waals surface area contributed by atoms with E-state index in [4.69, 9.17) is 0 Å². The molecule has 16 heavy (non-hydrogen) atoms. The lowest BCUT2D eigenvalue weighted by Gasteiger charge is -2.09. The van der Waals surface area contributed by atoms with Crippen molar-refractivity contribution in [2.45, 2.75) is 6.04 Å². The topological polar surface area (TPSA) is 43.1 Å². The van der Waals surface area contributed by atoms with Crippen molar-refractivity contribution in [2.24, 2.45) is 0 Å². The van der Waals surface area contributed by atoms with E-state index in [9.17, 15) is 10.1 Å². The molecular weight excluding hydrogens is 202 g/mol. The van der Waals surface area contributed by atoms with Gasteiger partial charge < -0.3 is 0 Å². The Balaban J connectivity index is 2.44. The number of rotatable bonds is 3. The monoisotopic (exact) mass is 213 g/mol. The van der Waals surface area contributed by atoms with E-state index in [1.807, 2.05) is 36.4 Å². The van der Waals surface area contributed by atoms with Gasteiger partial charge in [0.05, 0.1) is 0 Å². The molecule has 0 aliphatic heterocycles. The summed E-state index contributed by atoms with van der Waals surface area (Å²) in [5, 5.41) is 11.1. The molecule has 0 saturated carbocycles. The van der Waals surface area contributed by atoms with Crippen molar-refractivity contribution in [3.63, 3.8) is 0 Å². The van der Waals surface area contributed by atoms with Gasteiger partial charge in [-0.25, -0.2) is 0 Å². The second kappa shape index (κ2) is 4.57. The van der Waals surface area contributed by atoms with Crippen LogP contribution in [0, 0.1) is 10.1 Å². The van der Waals surface area contributed by atoms with E-state index < -0.39 is 6.04 Å². The minimum absolute atomic E-state index is 0.259. The minimum atomic E-state index is -0.776. The van der Waals surface area contributed by atoms with Crippen molar-refractivity contribution in [1.82, 2.24) is 0 Å². The van der Waals surface area contributed by atoms with Crippen molar-refractivity contribution in [3.8, 4) is 0 Å². The number of nitro groups is 1. The molecule has 0 atom stereocenters. The zero-order valence-corrected chi connectivity index (χ0v) is 8.61. The summed E-state index contributed by atoms with van der Waals surface area (Å²) >= 11 is 0. The van der Waals surface area contributed by atoms with Crippen LogP contribution in [0.1, 0.15) is 17.2 Å². The number of hydrogen-bond donors (Lipinski definition) is 0. The SMILES string of the molecule is O=[N+]([O-])C(c1ccccc1)c1ccccc1. The minimum Gasteiger partial charge on any atom is -0.264 e. The van der Waals surface area contributed by atoms with Crippen molar-refractivity contribution in [2.75, 3.05) is 0 Å². The normalized spacial score (nSPS) is 10.3. The Kier molecular flexibility index (Phi) is 2.96. The van der Waals surface area contributed by atoms with Crippen molar-refractivity contribution in [1.29, 1.82) is 0 Å². The van der Waals surface area contributed by atoms with Crippen LogP contribution in [0.2, 0.25) is 0 Å². The Morgan fingerprint density at radius 3 is 1.50 bits per heavy atom. The Morgan fingerprint density at radius 2 is 1.19 bits per heavy atom. The highest BCUT2D eigenvalue weighted by molar-refractivity contribution is 5.29. The van der Waals surface area contributed by atoms with E-state index in [2.05, 4.69) is 0 Å². The highest BCUT2D eigenvalue weighted by atomic mass is 16.6. The quantitative estimate of drug-likeness (QED) is 0.581. The molecule has 80 valence electrons. The summed E-state index contributed by atoms with van der Waals surface area (Å²) in [7, 11) is 0. The predicted octanol–water partition coefficient (Wildman–Crippen LogP) is 3.05. The lowest BCUT2D eigenvalue weighted by molar-refractivity contribution is -0.517. The Bertz CT molecular complexity index is 428. The molecule has 3 nitrogen and oxygen atoms in total. The molecule has 0 unspecified atom stereocenters. The van der Waals surface area contributed by atoms with Gasteiger partial charge >= 0.3 is 0 Å². The zero-order chi connectivity index (χ0) is 11.4. The van der Waals surface area contributed by atoms with Crippen LogP contribution in [0.3, 0.4) is 0 Å². The third-order valence-electron chi connectivity index (χ3n) is 2.44. The molecule has 0 radical (unpaired) electrons. The highest BCUT2D eigenvalue weighted by Gasteiger charge is 2.24. The molecule has 2 aromatic carbocycles. The smallest absolute Gasteiger partial charge is 0.263 e. The largest absolute Gasteiger partial charge is 0.264 e. The van der Waals surface area contributed by atoms with Gasteiger partial charge in [0.1, 0.15) is 0 Å². The lowest BCUT2D eigenvalue weighted by Crippen LogP contribution is -2.11. The molecule has 0 amide bonds. The molecule has 2 aromatic rings. The van der Waals surface area contributed by atoms with Crippen LogP contribution in [0.15, 0.2) is 60.7 Å². The molecule has 0 fully saturated rings. The fraction of sp³-hybridized carbons (Fsp3) is 0.0769. The van der Waals surface area contributed by atoms with E-state index in [-0.39, 0.29) is 4.92 Å². The molecule has 0 aromatic heterocycles. The molecule has 0 aliphatic carbocycles. The lowest BCUT2D eigenvalue weighted by atomic mass is 10.00. The Labute approximate surface area is 93.5 Å². The van der Waals surface area contributed by atoms with Crippen molar-refractivity contribution >= 4 is 0 Å². The fourth-order valence-electron chi connectivity index (χ4n) is 1.71. The average Bonchev–Trinajstić information content (AvgIpc) is 2.31. The Hall–Kier alpha value is -2.16. The van der Waals surface area contributed by atoms with Gasteiger partial charge in [-0.15, -0.1) is 0 Å². The van der Waals surface area contributed by atoms with Gasteiger partial charge in [-0.1, -0.05) is 60.7 Å². The second-order valence-electron chi connectivity index (χ2n) is 3.51. The van der Waals surface area contributed by atoms with Gasteiger partial charge in [0.25, 0.3) is 6.04 Å². The van der Waals surface area contributed by atoms with E-state index in [1.165, 1.54) is 0 Å².